The van der Waals surface area contributed by atoms with Crippen LogP contribution in [0.4, 0.5) is 17.6 Å². The Labute approximate surface area is 233 Å². The van der Waals surface area contributed by atoms with Gasteiger partial charge >= 0.3 is 12.1 Å². The fraction of sp³-hybridized carbons (Fsp3) is 0.483. The van der Waals surface area contributed by atoms with Gasteiger partial charge in [-0.05, 0) is 35.1 Å². The third-order valence-electron chi connectivity index (χ3n) is 8.49. The minimum Gasteiger partial charge on any atom is -0.336 e. The number of carbonyl (C=O) groups is 3. The molecular weight excluding hydrogens is 542 g/mol. The quantitative estimate of drug-likeness (QED) is 0.528. The number of benzene rings is 1. The van der Waals surface area contributed by atoms with E-state index in [9.17, 15) is 37.2 Å². The first-order valence-corrected chi connectivity index (χ1v) is 13.3. The third kappa shape index (κ3) is 5.02. The summed E-state index contributed by atoms with van der Waals surface area (Å²) in [5, 5.41) is 15.9. The standard InChI is InChI=1S/C29H29F4N5O3/c1-28(2,3)24(37-27(41)29(31,32)33)26(40)38-13-19-15-8-17(20(30)9-15)22(19)23(38)25(39)36-21(10-34)18-12-35-11-14-6-4-5-7-16(14)18/h4-7,9,11-12,15,17,19,21-24H,8,13H2,1-3H3,(H,36,39)(H,37,41)/t15-,17+,19+,21?,22-,23-,24+/m0/s1. The number of carbonyl (C=O) groups excluding carboxylic acids is 3. The highest BCUT2D eigenvalue weighted by Gasteiger charge is 2.61. The van der Waals surface area contributed by atoms with Crippen LogP contribution in [-0.4, -0.2) is 52.4 Å². The Balaban J connectivity index is 1.49. The molecule has 2 heterocycles. The summed E-state index contributed by atoms with van der Waals surface area (Å²) in [6.45, 7) is 4.51. The highest BCUT2D eigenvalue weighted by atomic mass is 19.4. The molecule has 5 rings (SSSR count). The number of pyridine rings is 1. The maximum Gasteiger partial charge on any atom is 0.471 e. The SMILES string of the molecule is CC(C)(C)[C@H](NC(=O)C(F)(F)F)C(=O)N1C[C@H]2[C@H]([C@@H]3C[C@H]2C=C3F)[C@H]1C(=O)NC(C#N)c1cncc2ccccc12. The number of rotatable bonds is 5. The van der Waals surface area contributed by atoms with Crippen LogP contribution in [0.5, 0.6) is 0 Å². The topological polar surface area (TPSA) is 115 Å². The fourth-order valence-electron chi connectivity index (χ4n) is 6.63. The number of fused-ring (bicyclic) bond motifs is 6. The molecule has 0 radical (unpaired) electrons. The molecule has 1 saturated carbocycles. The van der Waals surface area contributed by atoms with Crippen molar-refractivity contribution in [2.45, 2.75) is 51.5 Å². The number of nitriles is 1. The van der Waals surface area contributed by atoms with Crippen molar-refractivity contribution in [3.05, 3.63) is 54.1 Å². The Bertz CT molecular complexity index is 1470. The lowest BCUT2D eigenvalue weighted by molar-refractivity contribution is -0.176. The van der Waals surface area contributed by atoms with Crippen LogP contribution in [0.15, 0.2) is 48.6 Å². The van der Waals surface area contributed by atoms with Crippen LogP contribution >= 0.6 is 0 Å². The molecule has 1 aromatic carbocycles. The summed E-state index contributed by atoms with van der Waals surface area (Å²) in [4.78, 5) is 45.0. The lowest BCUT2D eigenvalue weighted by Gasteiger charge is -2.37. The monoisotopic (exact) mass is 571 g/mol. The van der Waals surface area contributed by atoms with Crippen LogP contribution in [0.2, 0.25) is 0 Å². The summed E-state index contributed by atoms with van der Waals surface area (Å²) in [6.07, 6.45) is -0.195. The number of likely N-dealkylation sites (tertiary alicyclic amines) is 1. The van der Waals surface area contributed by atoms with Gasteiger partial charge in [-0.2, -0.15) is 18.4 Å². The van der Waals surface area contributed by atoms with Gasteiger partial charge in [-0.3, -0.25) is 19.4 Å². The Morgan fingerprint density at radius 2 is 1.83 bits per heavy atom. The Hall–Kier alpha value is -4.01. The molecule has 0 spiro atoms. The van der Waals surface area contributed by atoms with Crippen LogP contribution in [0.25, 0.3) is 10.8 Å². The summed E-state index contributed by atoms with van der Waals surface area (Å²) in [5.74, 6) is -6.02. The number of nitrogens with zero attached hydrogens (tertiary/aromatic N) is 3. The number of hydrogen-bond acceptors (Lipinski definition) is 5. The van der Waals surface area contributed by atoms with Crippen molar-refractivity contribution in [3.63, 3.8) is 0 Å². The zero-order chi connectivity index (χ0) is 29.9. The molecule has 3 amide bonds. The summed E-state index contributed by atoms with van der Waals surface area (Å²) >= 11 is 0. The molecule has 3 aliphatic rings. The molecule has 216 valence electrons. The van der Waals surface area contributed by atoms with E-state index in [1.165, 1.54) is 37.9 Å². The van der Waals surface area contributed by atoms with E-state index in [2.05, 4.69) is 16.4 Å². The van der Waals surface area contributed by atoms with E-state index >= 15 is 0 Å². The Morgan fingerprint density at radius 3 is 2.49 bits per heavy atom. The van der Waals surface area contributed by atoms with Gasteiger partial charge in [0.15, 0.2) is 0 Å². The molecule has 1 aliphatic heterocycles. The maximum absolute atomic E-state index is 14.8. The number of halogens is 4. The molecule has 1 saturated heterocycles. The first-order valence-electron chi connectivity index (χ1n) is 13.3. The lowest BCUT2D eigenvalue weighted by atomic mass is 9.81. The molecule has 2 bridgehead atoms. The first kappa shape index (κ1) is 28.5. The van der Waals surface area contributed by atoms with Crippen LogP contribution in [0.3, 0.4) is 0 Å². The number of aromatic nitrogens is 1. The number of allylic oxidation sites excluding steroid dienone is 2. The van der Waals surface area contributed by atoms with E-state index in [1.54, 1.807) is 30.5 Å². The van der Waals surface area contributed by atoms with E-state index in [-0.39, 0.29) is 24.2 Å². The Kier molecular flexibility index (Phi) is 7.04. The third-order valence-corrected chi connectivity index (χ3v) is 8.49. The van der Waals surface area contributed by atoms with E-state index < -0.39 is 59.3 Å². The van der Waals surface area contributed by atoms with Gasteiger partial charge in [0.2, 0.25) is 11.8 Å². The van der Waals surface area contributed by atoms with Gasteiger partial charge in [0.1, 0.15) is 18.1 Å². The van der Waals surface area contributed by atoms with Crippen LogP contribution < -0.4 is 10.6 Å². The van der Waals surface area contributed by atoms with Gasteiger partial charge in [-0.1, -0.05) is 45.0 Å². The molecule has 2 N–H and O–H groups in total. The molecule has 1 aromatic heterocycles. The van der Waals surface area contributed by atoms with Crippen molar-refractivity contribution >= 4 is 28.5 Å². The van der Waals surface area contributed by atoms with Crippen LogP contribution in [0.1, 0.15) is 38.8 Å². The molecule has 2 aromatic rings. The van der Waals surface area contributed by atoms with E-state index in [4.69, 9.17) is 0 Å². The normalized spacial score (nSPS) is 26.6. The fourth-order valence-corrected chi connectivity index (χ4v) is 6.63. The van der Waals surface area contributed by atoms with E-state index in [0.29, 0.717) is 17.4 Å². The van der Waals surface area contributed by atoms with Gasteiger partial charge in [0.25, 0.3) is 0 Å². The van der Waals surface area contributed by atoms with Crippen molar-refractivity contribution in [2.75, 3.05) is 6.54 Å². The lowest BCUT2D eigenvalue weighted by Crippen LogP contribution is -2.60. The zero-order valence-corrected chi connectivity index (χ0v) is 22.6. The predicted octanol–water partition coefficient (Wildman–Crippen LogP) is 3.96. The molecule has 41 heavy (non-hydrogen) atoms. The van der Waals surface area contributed by atoms with E-state index in [1.807, 2.05) is 5.32 Å². The smallest absolute Gasteiger partial charge is 0.336 e. The number of amides is 3. The van der Waals surface area contributed by atoms with E-state index in [0.717, 1.165) is 5.39 Å². The Morgan fingerprint density at radius 1 is 1.12 bits per heavy atom. The van der Waals surface area contributed by atoms with Crippen molar-refractivity contribution in [1.29, 1.82) is 5.26 Å². The van der Waals surface area contributed by atoms with Gasteiger partial charge in [0, 0.05) is 41.7 Å². The minimum atomic E-state index is -5.22. The second-order valence-electron chi connectivity index (χ2n) is 12.0. The highest BCUT2D eigenvalue weighted by Crippen LogP contribution is 2.57. The van der Waals surface area contributed by atoms with Crippen molar-refractivity contribution in [2.24, 2.45) is 29.1 Å². The van der Waals surface area contributed by atoms with Crippen LogP contribution in [-0.2, 0) is 14.4 Å². The zero-order valence-electron chi connectivity index (χ0n) is 22.6. The average molecular weight is 572 g/mol. The number of alkyl halides is 3. The van der Waals surface area contributed by atoms with Gasteiger partial charge in [0.05, 0.1) is 11.9 Å². The van der Waals surface area contributed by atoms with Crippen molar-refractivity contribution in [1.82, 2.24) is 20.5 Å². The van der Waals surface area contributed by atoms with Gasteiger partial charge in [-0.15, -0.1) is 0 Å². The molecule has 8 nitrogen and oxygen atoms in total. The second-order valence-corrected chi connectivity index (χ2v) is 12.0. The molecule has 7 atom stereocenters. The summed E-state index contributed by atoms with van der Waals surface area (Å²) in [6, 6.07) is 5.17. The summed E-state index contributed by atoms with van der Waals surface area (Å²) in [5.41, 5.74) is -0.723. The van der Waals surface area contributed by atoms with Crippen molar-refractivity contribution < 1.29 is 31.9 Å². The summed E-state index contributed by atoms with van der Waals surface area (Å²) in [7, 11) is 0. The average Bonchev–Trinajstić information content (AvgIpc) is 3.58. The highest BCUT2D eigenvalue weighted by molar-refractivity contribution is 5.95. The molecule has 12 heteroatoms. The minimum absolute atomic E-state index is 0.00798. The summed E-state index contributed by atoms with van der Waals surface area (Å²) < 4.78 is 54.3. The predicted molar refractivity (Wildman–Crippen MR) is 139 cm³/mol. The molecule has 2 fully saturated rings. The molecule has 1 unspecified atom stereocenters. The second kappa shape index (κ2) is 10.1. The number of nitrogens with one attached hydrogen (secondary N) is 2. The van der Waals surface area contributed by atoms with Gasteiger partial charge < -0.3 is 15.5 Å². The van der Waals surface area contributed by atoms with Crippen LogP contribution in [0, 0.1) is 40.4 Å². The molecular formula is C29H29F4N5O3. The maximum atomic E-state index is 14.8. The largest absolute Gasteiger partial charge is 0.471 e. The van der Waals surface area contributed by atoms with Crippen molar-refractivity contribution in [3.8, 4) is 6.07 Å². The first-order chi connectivity index (χ1) is 19.2. The van der Waals surface area contributed by atoms with Gasteiger partial charge in [-0.25, -0.2) is 4.39 Å². The molecule has 2 aliphatic carbocycles. The number of hydrogen-bond donors (Lipinski definition) is 2.